The molecule has 0 spiro atoms. The first kappa shape index (κ1) is 24.8. The van der Waals surface area contributed by atoms with Crippen LogP contribution in [0.2, 0.25) is 0 Å². The fraction of sp³-hybridized carbons (Fsp3) is 0.167. The van der Waals surface area contributed by atoms with Crippen LogP contribution in [-0.4, -0.2) is 56.8 Å². The van der Waals surface area contributed by atoms with Crippen molar-refractivity contribution in [2.45, 2.75) is 12.5 Å². The molecule has 12 heteroatoms. The van der Waals surface area contributed by atoms with E-state index in [1.54, 1.807) is 18.2 Å². The largest absolute Gasteiger partial charge is 0.573 e. The van der Waals surface area contributed by atoms with Crippen LogP contribution in [0.4, 0.5) is 19.0 Å². The first-order chi connectivity index (χ1) is 17.2. The van der Waals surface area contributed by atoms with Crippen molar-refractivity contribution in [1.82, 2.24) is 15.0 Å². The zero-order valence-corrected chi connectivity index (χ0v) is 18.4. The molecule has 4 aromatic rings. The third kappa shape index (κ3) is 6.23. The van der Waals surface area contributed by atoms with Gasteiger partial charge in [0.25, 0.3) is 5.91 Å². The number of benzene rings is 1. The Bertz CT molecular complexity index is 1380. The number of ether oxygens (including phenoxy) is 2. The van der Waals surface area contributed by atoms with E-state index < -0.39 is 30.7 Å². The highest BCUT2D eigenvalue weighted by Crippen LogP contribution is 2.31. The lowest BCUT2D eigenvalue weighted by atomic mass is 10.0. The number of aliphatic hydroxyl groups excluding tert-OH is 2. The van der Waals surface area contributed by atoms with Gasteiger partial charge in [-0.2, -0.15) is 4.98 Å². The number of fused-ring (bicyclic) bond motifs is 1. The maximum absolute atomic E-state index is 12.9. The molecule has 9 nitrogen and oxygen atoms in total. The molecule has 3 aromatic heterocycles. The summed E-state index contributed by atoms with van der Waals surface area (Å²) in [6.07, 6.45) is -2.95. The number of aliphatic hydroxyl groups is 2. The summed E-state index contributed by atoms with van der Waals surface area (Å²) in [5.74, 6) is -0.703. The number of rotatable bonds is 8. The zero-order valence-electron chi connectivity index (χ0n) is 18.4. The Hall–Kier alpha value is -4.29. The van der Waals surface area contributed by atoms with Gasteiger partial charge in [-0.3, -0.25) is 9.78 Å². The minimum Gasteiger partial charge on any atom is -0.475 e. The average molecular weight is 500 g/mol. The van der Waals surface area contributed by atoms with Gasteiger partial charge in [-0.05, 0) is 35.9 Å². The standard InChI is InChI=1S/C24H19F3N4O5/c25-24(26,27)36-17-4-1-3-14(9-17)18-11-28-10-15-7-8-19(29-22(15)18)23(34)31-20-5-2-6-21(30-20)35-13-16(33)12-32/h1-11,16,32-33H,12-13H2,(H,30,31,34)/t16-/m1/s1. The quantitative estimate of drug-likeness (QED) is 0.335. The van der Waals surface area contributed by atoms with Gasteiger partial charge in [0.1, 0.15) is 30.0 Å². The SMILES string of the molecule is O=C(Nc1cccc(OC[C@H](O)CO)n1)c1ccc2cncc(-c3cccc(OC(F)(F)F)c3)c2n1. The van der Waals surface area contributed by atoms with Crippen molar-refractivity contribution in [2.75, 3.05) is 18.5 Å². The van der Waals surface area contributed by atoms with Crippen molar-refractivity contribution >= 4 is 22.6 Å². The Morgan fingerprint density at radius 1 is 1.06 bits per heavy atom. The Kier molecular flexibility index (Phi) is 7.27. The van der Waals surface area contributed by atoms with Crippen molar-refractivity contribution in [3.63, 3.8) is 0 Å². The average Bonchev–Trinajstić information content (AvgIpc) is 2.86. The van der Waals surface area contributed by atoms with Gasteiger partial charge in [0.2, 0.25) is 5.88 Å². The molecule has 1 amide bonds. The molecular formula is C24H19F3N4O5. The Morgan fingerprint density at radius 2 is 1.86 bits per heavy atom. The molecule has 1 atom stereocenters. The number of hydrogen-bond donors (Lipinski definition) is 3. The predicted octanol–water partition coefficient (Wildman–Crippen LogP) is 3.57. The molecule has 0 radical (unpaired) electrons. The number of carbonyl (C=O) groups excluding carboxylic acids is 1. The molecule has 0 bridgehead atoms. The summed E-state index contributed by atoms with van der Waals surface area (Å²) in [7, 11) is 0. The van der Waals surface area contributed by atoms with Crippen molar-refractivity contribution in [1.29, 1.82) is 0 Å². The number of halogens is 3. The van der Waals surface area contributed by atoms with E-state index in [1.165, 1.54) is 48.8 Å². The number of alkyl halides is 3. The Labute approximate surface area is 202 Å². The molecule has 1 aromatic carbocycles. The van der Waals surface area contributed by atoms with E-state index in [-0.39, 0.29) is 24.0 Å². The van der Waals surface area contributed by atoms with Crippen molar-refractivity contribution in [2.24, 2.45) is 0 Å². The van der Waals surface area contributed by atoms with Crippen LogP contribution in [0.3, 0.4) is 0 Å². The number of pyridine rings is 3. The molecule has 0 aliphatic rings. The minimum atomic E-state index is -4.84. The molecule has 0 aliphatic heterocycles. The third-order valence-electron chi connectivity index (χ3n) is 4.81. The second kappa shape index (κ2) is 10.5. The zero-order chi connectivity index (χ0) is 25.7. The summed E-state index contributed by atoms with van der Waals surface area (Å²) < 4.78 is 47.2. The first-order valence-electron chi connectivity index (χ1n) is 10.5. The van der Waals surface area contributed by atoms with Gasteiger partial charge in [0.05, 0.1) is 12.1 Å². The molecule has 36 heavy (non-hydrogen) atoms. The maximum atomic E-state index is 12.9. The lowest BCUT2D eigenvalue weighted by molar-refractivity contribution is -0.274. The Balaban J connectivity index is 1.59. The summed E-state index contributed by atoms with van der Waals surface area (Å²) >= 11 is 0. The highest BCUT2D eigenvalue weighted by Gasteiger charge is 2.31. The van der Waals surface area contributed by atoms with Gasteiger partial charge >= 0.3 is 6.36 Å². The molecule has 0 saturated heterocycles. The van der Waals surface area contributed by atoms with Crippen LogP contribution in [0.1, 0.15) is 10.5 Å². The summed E-state index contributed by atoms with van der Waals surface area (Å²) in [6, 6.07) is 13.1. The molecule has 0 aliphatic carbocycles. The summed E-state index contributed by atoms with van der Waals surface area (Å²) in [5, 5.41) is 21.4. The first-order valence-corrected chi connectivity index (χ1v) is 10.5. The van der Waals surface area contributed by atoms with E-state index >= 15 is 0 Å². The normalized spacial score (nSPS) is 12.2. The van der Waals surface area contributed by atoms with Crippen LogP contribution in [0.5, 0.6) is 11.6 Å². The lowest BCUT2D eigenvalue weighted by Crippen LogP contribution is -2.21. The van der Waals surface area contributed by atoms with Crippen molar-refractivity contribution < 1.29 is 37.7 Å². The van der Waals surface area contributed by atoms with Crippen LogP contribution in [-0.2, 0) is 0 Å². The van der Waals surface area contributed by atoms with Gasteiger partial charge in [0, 0.05) is 29.4 Å². The number of carbonyl (C=O) groups is 1. The van der Waals surface area contributed by atoms with Gasteiger partial charge in [-0.25, -0.2) is 4.98 Å². The Morgan fingerprint density at radius 3 is 2.64 bits per heavy atom. The van der Waals surface area contributed by atoms with Gasteiger partial charge in [-0.1, -0.05) is 18.2 Å². The van der Waals surface area contributed by atoms with Crippen molar-refractivity contribution in [3.05, 3.63) is 72.7 Å². The lowest BCUT2D eigenvalue weighted by Gasteiger charge is -2.12. The fourth-order valence-corrected chi connectivity index (χ4v) is 3.22. The maximum Gasteiger partial charge on any atom is 0.573 e. The number of nitrogens with one attached hydrogen (secondary N) is 1. The number of hydrogen-bond acceptors (Lipinski definition) is 8. The van der Waals surface area contributed by atoms with E-state index in [2.05, 4.69) is 25.0 Å². The third-order valence-corrected chi connectivity index (χ3v) is 4.81. The van der Waals surface area contributed by atoms with Crippen LogP contribution in [0.15, 0.2) is 67.0 Å². The summed E-state index contributed by atoms with van der Waals surface area (Å²) in [4.78, 5) is 25.5. The second-order valence-corrected chi connectivity index (χ2v) is 7.49. The van der Waals surface area contributed by atoms with E-state index in [0.717, 1.165) is 0 Å². The number of anilines is 1. The smallest absolute Gasteiger partial charge is 0.475 e. The number of aromatic nitrogens is 3. The summed E-state index contributed by atoms with van der Waals surface area (Å²) in [6.45, 7) is -0.652. The van der Waals surface area contributed by atoms with Crippen LogP contribution >= 0.6 is 0 Å². The molecular weight excluding hydrogens is 481 g/mol. The highest BCUT2D eigenvalue weighted by molar-refractivity contribution is 6.04. The summed E-state index contributed by atoms with van der Waals surface area (Å²) in [5.41, 5.74) is 1.16. The molecule has 4 rings (SSSR count). The number of amides is 1. The second-order valence-electron chi connectivity index (χ2n) is 7.49. The topological polar surface area (TPSA) is 127 Å². The molecule has 0 fully saturated rings. The van der Waals surface area contributed by atoms with E-state index in [0.29, 0.717) is 22.0 Å². The highest BCUT2D eigenvalue weighted by atomic mass is 19.4. The van der Waals surface area contributed by atoms with Gasteiger partial charge < -0.3 is 25.0 Å². The molecule has 186 valence electrons. The van der Waals surface area contributed by atoms with E-state index in [4.69, 9.17) is 9.84 Å². The minimum absolute atomic E-state index is 0.0291. The molecule has 0 unspecified atom stereocenters. The molecule has 0 saturated carbocycles. The van der Waals surface area contributed by atoms with Crippen molar-refractivity contribution in [3.8, 4) is 22.8 Å². The van der Waals surface area contributed by atoms with Gasteiger partial charge in [-0.15, -0.1) is 13.2 Å². The van der Waals surface area contributed by atoms with Crippen LogP contribution in [0, 0.1) is 0 Å². The fourth-order valence-electron chi connectivity index (χ4n) is 3.22. The van der Waals surface area contributed by atoms with Crippen LogP contribution in [0.25, 0.3) is 22.0 Å². The predicted molar refractivity (Wildman–Crippen MR) is 122 cm³/mol. The van der Waals surface area contributed by atoms with Gasteiger partial charge in [0.15, 0.2) is 0 Å². The monoisotopic (exact) mass is 500 g/mol. The van der Waals surface area contributed by atoms with E-state index in [1.807, 2.05) is 0 Å². The van der Waals surface area contributed by atoms with E-state index in [9.17, 15) is 23.1 Å². The molecule has 3 N–H and O–H groups in total. The van der Waals surface area contributed by atoms with Crippen LogP contribution < -0.4 is 14.8 Å². The number of nitrogens with zero attached hydrogens (tertiary/aromatic N) is 3. The molecule has 3 heterocycles.